The Morgan fingerprint density at radius 3 is 2.17 bits per heavy atom. The van der Waals surface area contributed by atoms with Gasteiger partial charge in [-0.05, 0) is 17.0 Å². The Bertz CT molecular complexity index is 311. The molecule has 0 radical (unpaired) electrons. The number of hydrogen-bond donors (Lipinski definition) is 0. The molecule has 0 bridgehead atoms. The molecule has 62 valence electrons. The molecule has 0 saturated carbocycles. The summed E-state index contributed by atoms with van der Waals surface area (Å²) < 4.78 is 0. The molecule has 2 rings (SSSR count). The van der Waals surface area contributed by atoms with Crippen molar-refractivity contribution in [3.05, 3.63) is 47.8 Å². The van der Waals surface area contributed by atoms with Gasteiger partial charge in [-0.1, -0.05) is 36.4 Å². The topological polar surface area (TPSA) is 0 Å². The Kier molecular flexibility index (Phi) is 3.38. The second kappa shape index (κ2) is 4.33. The van der Waals surface area contributed by atoms with Gasteiger partial charge in [0.25, 0.3) is 0 Å². The van der Waals surface area contributed by atoms with Crippen LogP contribution in [-0.4, -0.2) is 0 Å². The average molecular weight is 194 g/mol. The van der Waals surface area contributed by atoms with E-state index in [1.54, 1.807) is 11.3 Å². The number of benzene rings is 1. The smallest absolute Gasteiger partial charge is 0.0342 e. The highest BCUT2D eigenvalue weighted by Gasteiger charge is 1.93. The van der Waals surface area contributed by atoms with E-state index in [-0.39, 0.29) is 13.5 Å². The highest BCUT2D eigenvalue weighted by atomic mass is 32.1. The summed E-state index contributed by atoms with van der Waals surface area (Å²) in [6.07, 6.45) is 0. The van der Waals surface area contributed by atoms with Gasteiger partial charge in [0.15, 0.2) is 0 Å². The van der Waals surface area contributed by atoms with Gasteiger partial charge in [0.2, 0.25) is 0 Å². The van der Waals surface area contributed by atoms with Crippen LogP contribution in [0.5, 0.6) is 0 Å². The van der Waals surface area contributed by atoms with Crippen molar-refractivity contribution >= 4 is 24.8 Å². The van der Waals surface area contributed by atoms with E-state index in [9.17, 15) is 0 Å². The van der Waals surface area contributed by atoms with Crippen LogP contribution in [-0.2, 0) is 0 Å². The van der Waals surface area contributed by atoms with Crippen molar-refractivity contribution < 1.29 is 0 Å². The maximum absolute atomic E-state index is 2.14. The van der Waals surface area contributed by atoms with E-state index >= 15 is 0 Å². The first kappa shape index (κ1) is 9.36. The van der Waals surface area contributed by atoms with E-state index < -0.39 is 0 Å². The van der Waals surface area contributed by atoms with E-state index in [2.05, 4.69) is 41.8 Å². The Labute approximate surface area is 83.3 Å². The summed E-state index contributed by atoms with van der Waals surface area (Å²) in [5.74, 6) is 0. The first-order valence-corrected chi connectivity index (χ1v) is 4.44. The van der Waals surface area contributed by atoms with Crippen molar-refractivity contribution in [2.24, 2.45) is 0 Å². The number of rotatable bonds is 1. The third-order valence-corrected chi connectivity index (χ3v) is 2.50. The Balaban J connectivity index is 0.000000720. The van der Waals surface area contributed by atoms with Crippen molar-refractivity contribution in [1.82, 2.24) is 0 Å². The molecule has 0 atom stereocenters. The first-order chi connectivity index (χ1) is 5.47. The second-order valence-corrected chi connectivity index (χ2v) is 3.29. The molecular weight excluding hydrogens is 184 g/mol. The van der Waals surface area contributed by atoms with E-state index in [1.165, 1.54) is 10.4 Å². The summed E-state index contributed by atoms with van der Waals surface area (Å²) in [5, 5.41) is 2.10. The molecule has 0 fully saturated rings. The monoisotopic (exact) mass is 194 g/mol. The molecule has 0 N–H and O–H groups in total. The number of thiophene rings is 1. The molecule has 2 heteroatoms. The molecule has 0 spiro atoms. The third-order valence-electron chi connectivity index (χ3n) is 1.58. The zero-order valence-electron chi connectivity index (χ0n) is 6.53. The second-order valence-electron chi connectivity index (χ2n) is 2.34. The lowest BCUT2D eigenvalue weighted by atomic mass is 10.2. The first-order valence-electron chi connectivity index (χ1n) is 3.56. The van der Waals surface area contributed by atoms with Gasteiger partial charge in [-0.2, -0.15) is 13.5 Å². The maximum Gasteiger partial charge on any atom is 0.0342 e. The highest BCUT2D eigenvalue weighted by Crippen LogP contribution is 2.23. The van der Waals surface area contributed by atoms with Crippen molar-refractivity contribution in [2.75, 3.05) is 0 Å². The van der Waals surface area contributed by atoms with Crippen LogP contribution in [0.25, 0.3) is 10.4 Å². The van der Waals surface area contributed by atoms with Crippen LogP contribution in [0.2, 0.25) is 0 Å². The van der Waals surface area contributed by atoms with Gasteiger partial charge in [0.1, 0.15) is 0 Å². The van der Waals surface area contributed by atoms with Gasteiger partial charge in [-0.15, -0.1) is 11.3 Å². The van der Waals surface area contributed by atoms with Crippen molar-refractivity contribution in [3.8, 4) is 10.4 Å². The predicted octanol–water partition coefficient (Wildman–Crippen LogP) is 3.53. The minimum atomic E-state index is 0. The molecule has 0 aliphatic carbocycles. The van der Waals surface area contributed by atoms with E-state index in [1.807, 2.05) is 6.07 Å². The molecule has 0 aliphatic heterocycles. The average Bonchev–Trinajstić information content (AvgIpc) is 2.58. The third kappa shape index (κ3) is 1.90. The largest absolute Gasteiger partial charge is 0.197 e. The normalized spacial score (nSPS) is 9.00. The molecule has 2 aromatic rings. The zero-order chi connectivity index (χ0) is 7.52. The van der Waals surface area contributed by atoms with Crippen LogP contribution in [0.4, 0.5) is 0 Å². The Morgan fingerprint density at radius 2 is 1.58 bits per heavy atom. The molecule has 0 unspecified atom stereocenters. The Hall–Kier alpha value is -0.730. The fraction of sp³-hybridized carbons (Fsp3) is 0. The molecule has 0 amide bonds. The zero-order valence-corrected chi connectivity index (χ0v) is 8.34. The van der Waals surface area contributed by atoms with E-state index in [0.717, 1.165) is 0 Å². The number of hydrogen-bond acceptors (Lipinski definition) is 1. The minimum Gasteiger partial charge on any atom is -0.197 e. The SMILES string of the molecule is S.c1ccc(-c2cccs2)cc1. The van der Waals surface area contributed by atoms with Crippen LogP contribution in [0.3, 0.4) is 0 Å². The van der Waals surface area contributed by atoms with Gasteiger partial charge in [-0.3, -0.25) is 0 Å². The summed E-state index contributed by atoms with van der Waals surface area (Å²) in [6.45, 7) is 0. The van der Waals surface area contributed by atoms with Crippen LogP contribution >= 0.6 is 24.8 Å². The molecule has 0 saturated heterocycles. The molecule has 0 aliphatic rings. The minimum absolute atomic E-state index is 0. The standard InChI is InChI=1S/C10H8S.H2S/c1-2-5-9(6-3-1)10-7-4-8-11-10;/h1-8H;1H2. The molecule has 0 nitrogen and oxygen atoms in total. The molecule has 12 heavy (non-hydrogen) atoms. The lowest BCUT2D eigenvalue weighted by Crippen LogP contribution is -1.67. The fourth-order valence-electron chi connectivity index (χ4n) is 1.05. The summed E-state index contributed by atoms with van der Waals surface area (Å²) in [6, 6.07) is 14.6. The van der Waals surface area contributed by atoms with E-state index in [0.29, 0.717) is 0 Å². The van der Waals surface area contributed by atoms with Gasteiger partial charge in [0.05, 0.1) is 0 Å². The molecule has 1 heterocycles. The van der Waals surface area contributed by atoms with Gasteiger partial charge in [-0.25, -0.2) is 0 Å². The fourth-order valence-corrected chi connectivity index (χ4v) is 1.78. The lowest BCUT2D eigenvalue weighted by Gasteiger charge is -1.93. The molecule has 1 aromatic carbocycles. The summed E-state index contributed by atoms with van der Waals surface area (Å²) in [7, 11) is 0. The van der Waals surface area contributed by atoms with Gasteiger partial charge < -0.3 is 0 Å². The maximum atomic E-state index is 2.14. The van der Waals surface area contributed by atoms with Crippen molar-refractivity contribution in [1.29, 1.82) is 0 Å². The molecular formula is C10H10S2. The Morgan fingerprint density at radius 1 is 0.833 bits per heavy atom. The van der Waals surface area contributed by atoms with Crippen LogP contribution in [0.15, 0.2) is 47.8 Å². The highest BCUT2D eigenvalue weighted by molar-refractivity contribution is 7.59. The van der Waals surface area contributed by atoms with Crippen LogP contribution in [0.1, 0.15) is 0 Å². The van der Waals surface area contributed by atoms with E-state index in [4.69, 9.17) is 0 Å². The van der Waals surface area contributed by atoms with Crippen LogP contribution < -0.4 is 0 Å². The van der Waals surface area contributed by atoms with Crippen LogP contribution in [0, 0.1) is 0 Å². The quantitative estimate of drug-likeness (QED) is 0.651. The summed E-state index contributed by atoms with van der Waals surface area (Å²) in [4.78, 5) is 1.34. The summed E-state index contributed by atoms with van der Waals surface area (Å²) >= 11 is 1.78. The van der Waals surface area contributed by atoms with Crippen molar-refractivity contribution in [2.45, 2.75) is 0 Å². The van der Waals surface area contributed by atoms with Crippen molar-refractivity contribution in [3.63, 3.8) is 0 Å². The van der Waals surface area contributed by atoms with Gasteiger partial charge >= 0.3 is 0 Å². The predicted molar refractivity (Wildman–Crippen MR) is 60.1 cm³/mol. The summed E-state index contributed by atoms with van der Waals surface area (Å²) in [5.41, 5.74) is 1.31. The molecule has 1 aromatic heterocycles. The lowest BCUT2D eigenvalue weighted by molar-refractivity contribution is 1.70. The van der Waals surface area contributed by atoms with Gasteiger partial charge in [0, 0.05) is 4.88 Å².